The van der Waals surface area contributed by atoms with E-state index in [1.165, 1.54) is 50.8 Å². The Morgan fingerprint density at radius 2 is 2.05 bits per heavy atom. The van der Waals surface area contributed by atoms with Gasteiger partial charge in [-0.2, -0.15) is 0 Å². The minimum absolute atomic E-state index is 0.606. The van der Waals surface area contributed by atoms with Crippen LogP contribution in [0.3, 0.4) is 0 Å². The zero-order valence-corrected chi connectivity index (χ0v) is 14.1. The Kier molecular flexibility index (Phi) is 5.37. The highest BCUT2D eigenvalue weighted by Gasteiger charge is 2.27. The number of nitrogens with zero attached hydrogens (tertiary/aromatic N) is 1. The predicted molar refractivity (Wildman–Crippen MR) is 91.6 cm³/mol. The molecule has 2 fully saturated rings. The van der Waals surface area contributed by atoms with Crippen LogP contribution in [0.2, 0.25) is 0 Å². The molecule has 1 aliphatic carbocycles. The first kappa shape index (κ1) is 15.8. The lowest BCUT2D eigenvalue weighted by Crippen LogP contribution is -2.47. The lowest BCUT2D eigenvalue weighted by atomic mass is 9.88. The van der Waals surface area contributed by atoms with Crippen molar-refractivity contribution in [2.45, 2.75) is 44.1 Å². The second kappa shape index (κ2) is 7.47. The molecule has 1 saturated carbocycles. The van der Waals surface area contributed by atoms with Crippen LogP contribution in [0.15, 0.2) is 24.3 Å². The van der Waals surface area contributed by atoms with Crippen LogP contribution in [-0.2, 0) is 0 Å². The minimum atomic E-state index is 0.606. The maximum absolute atomic E-state index is 5.39. The summed E-state index contributed by atoms with van der Waals surface area (Å²) in [5, 5.41) is 3.85. The Labute approximate surface area is 135 Å². The Morgan fingerprint density at radius 1 is 1.23 bits per heavy atom. The van der Waals surface area contributed by atoms with Gasteiger partial charge in [-0.3, -0.25) is 0 Å². The van der Waals surface area contributed by atoms with Crippen LogP contribution >= 0.6 is 0 Å². The Balaban J connectivity index is 1.59. The smallest absolute Gasteiger partial charge is 0.119 e. The third-order valence-corrected chi connectivity index (χ3v) is 5.37. The number of rotatable bonds is 5. The fourth-order valence-electron chi connectivity index (χ4n) is 4.15. The molecule has 1 N–H and O–H groups in total. The van der Waals surface area contributed by atoms with Crippen LogP contribution in [0.5, 0.6) is 5.75 Å². The van der Waals surface area contributed by atoms with Crippen molar-refractivity contribution in [2.75, 3.05) is 33.8 Å². The number of methoxy groups -OCH3 is 1. The summed E-state index contributed by atoms with van der Waals surface area (Å²) in [6.45, 7) is 3.53. The number of piperidine rings is 1. The molecule has 122 valence electrons. The van der Waals surface area contributed by atoms with E-state index in [4.69, 9.17) is 4.74 Å². The van der Waals surface area contributed by atoms with E-state index in [1.807, 2.05) is 6.07 Å². The van der Waals surface area contributed by atoms with Gasteiger partial charge >= 0.3 is 0 Å². The molecule has 1 heterocycles. The van der Waals surface area contributed by atoms with Gasteiger partial charge in [0.05, 0.1) is 7.11 Å². The molecule has 3 rings (SSSR count). The molecule has 2 aliphatic rings. The number of hydrogen-bond acceptors (Lipinski definition) is 3. The van der Waals surface area contributed by atoms with Gasteiger partial charge in [0.1, 0.15) is 5.75 Å². The van der Waals surface area contributed by atoms with E-state index in [-0.39, 0.29) is 0 Å². The standard InChI is InChI=1S/C19H30N2O/c1-21-13-17(16-8-5-9-19(11-16)22-2)10-18(14-21)20-12-15-6-3-4-7-15/h5,8-9,11,15,17-18,20H,3-4,6-7,10,12-14H2,1-2H3. The van der Waals surface area contributed by atoms with E-state index >= 15 is 0 Å². The monoisotopic (exact) mass is 302 g/mol. The zero-order valence-electron chi connectivity index (χ0n) is 14.1. The molecule has 0 bridgehead atoms. The van der Waals surface area contributed by atoms with E-state index < -0.39 is 0 Å². The van der Waals surface area contributed by atoms with Crippen molar-refractivity contribution in [1.82, 2.24) is 10.2 Å². The highest BCUT2D eigenvalue weighted by Crippen LogP contribution is 2.29. The van der Waals surface area contributed by atoms with Gasteiger partial charge in [0.25, 0.3) is 0 Å². The van der Waals surface area contributed by atoms with Crippen LogP contribution in [0.25, 0.3) is 0 Å². The lowest BCUT2D eigenvalue weighted by Gasteiger charge is -2.37. The minimum Gasteiger partial charge on any atom is -0.497 e. The highest BCUT2D eigenvalue weighted by atomic mass is 16.5. The molecule has 0 radical (unpaired) electrons. The molecular weight excluding hydrogens is 272 g/mol. The Morgan fingerprint density at radius 3 is 2.82 bits per heavy atom. The van der Waals surface area contributed by atoms with Crippen LogP contribution in [0, 0.1) is 5.92 Å². The normalized spacial score (nSPS) is 27.2. The quantitative estimate of drug-likeness (QED) is 0.903. The van der Waals surface area contributed by atoms with Gasteiger partial charge in [-0.05, 0) is 62.4 Å². The fourth-order valence-corrected chi connectivity index (χ4v) is 4.15. The maximum atomic E-state index is 5.39. The molecule has 1 aromatic rings. The van der Waals surface area contributed by atoms with E-state index in [1.54, 1.807) is 7.11 Å². The summed E-state index contributed by atoms with van der Waals surface area (Å²) < 4.78 is 5.39. The maximum Gasteiger partial charge on any atom is 0.119 e. The predicted octanol–water partition coefficient (Wildman–Crippen LogP) is 3.26. The summed E-state index contributed by atoms with van der Waals surface area (Å²) in [5.41, 5.74) is 1.42. The topological polar surface area (TPSA) is 24.5 Å². The summed E-state index contributed by atoms with van der Waals surface area (Å²) in [6, 6.07) is 9.23. The van der Waals surface area contributed by atoms with E-state index in [0.29, 0.717) is 12.0 Å². The SMILES string of the molecule is COc1cccc(C2CC(NCC3CCCC3)CN(C)C2)c1. The van der Waals surface area contributed by atoms with Crippen molar-refractivity contribution < 1.29 is 4.74 Å². The molecule has 1 aliphatic heterocycles. The van der Waals surface area contributed by atoms with Crippen LogP contribution in [0.1, 0.15) is 43.6 Å². The van der Waals surface area contributed by atoms with E-state index in [0.717, 1.165) is 18.2 Å². The van der Waals surface area contributed by atoms with Gasteiger partial charge in [0.15, 0.2) is 0 Å². The van der Waals surface area contributed by atoms with E-state index in [2.05, 4.69) is 35.5 Å². The average molecular weight is 302 g/mol. The zero-order chi connectivity index (χ0) is 15.4. The first-order chi connectivity index (χ1) is 10.7. The van der Waals surface area contributed by atoms with Crippen molar-refractivity contribution >= 4 is 0 Å². The summed E-state index contributed by atoms with van der Waals surface area (Å²) in [4.78, 5) is 2.47. The van der Waals surface area contributed by atoms with Crippen molar-refractivity contribution in [3.63, 3.8) is 0 Å². The number of nitrogens with one attached hydrogen (secondary N) is 1. The molecule has 0 aromatic heterocycles. The summed E-state index contributed by atoms with van der Waals surface area (Å²) in [6.07, 6.45) is 6.96. The van der Waals surface area contributed by atoms with Crippen LogP contribution in [-0.4, -0.2) is 44.7 Å². The molecule has 22 heavy (non-hydrogen) atoms. The number of hydrogen-bond donors (Lipinski definition) is 1. The van der Waals surface area contributed by atoms with Gasteiger partial charge in [-0.1, -0.05) is 25.0 Å². The van der Waals surface area contributed by atoms with Crippen LogP contribution in [0.4, 0.5) is 0 Å². The third-order valence-electron chi connectivity index (χ3n) is 5.37. The van der Waals surface area contributed by atoms with Gasteiger partial charge in [0.2, 0.25) is 0 Å². The van der Waals surface area contributed by atoms with Gasteiger partial charge in [0, 0.05) is 19.1 Å². The number of benzene rings is 1. The molecular formula is C19H30N2O. The van der Waals surface area contributed by atoms with Crippen molar-refractivity contribution in [2.24, 2.45) is 5.92 Å². The Bertz CT molecular complexity index is 470. The van der Waals surface area contributed by atoms with Crippen LogP contribution < -0.4 is 10.1 Å². The lowest BCUT2D eigenvalue weighted by molar-refractivity contribution is 0.200. The molecule has 3 nitrogen and oxygen atoms in total. The summed E-state index contributed by atoms with van der Waals surface area (Å²) in [7, 11) is 3.99. The van der Waals surface area contributed by atoms with Crippen molar-refractivity contribution in [3.8, 4) is 5.75 Å². The van der Waals surface area contributed by atoms with E-state index in [9.17, 15) is 0 Å². The molecule has 1 saturated heterocycles. The number of likely N-dealkylation sites (tertiary alicyclic amines) is 1. The second-order valence-electron chi connectivity index (χ2n) is 7.19. The Hall–Kier alpha value is -1.06. The molecule has 0 amide bonds. The molecule has 3 heteroatoms. The summed E-state index contributed by atoms with van der Waals surface area (Å²) in [5.74, 6) is 2.50. The summed E-state index contributed by atoms with van der Waals surface area (Å²) >= 11 is 0. The van der Waals surface area contributed by atoms with Gasteiger partial charge < -0.3 is 15.0 Å². The molecule has 2 unspecified atom stereocenters. The fraction of sp³-hybridized carbons (Fsp3) is 0.684. The number of ether oxygens (including phenoxy) is 1. The first-order valence-corrected chi connectivity index (χ1v) is 8.80. The van der Waals surface area contributed by atoms with Crippen molar-refractivity contribution in [1.29, 1.82) is 0 Å². The van der Waals surface area contributed by atoms with Gasteiger partial charge in [-0.25, -0.2) is 0 Å². The first-order valence-electron chi connectivity index (χ1n) is 8.80. The second-order valence-corrected chi connectivity index (χ2v) is 7.19. The molecule has 2 atom stereocenters. The largest absolute Gasteiger partial charge is 0.497 e. The third kappa shape index (κ3) is 4.02. The molecule has 1 aromatic carbocycles. The van der Waals surface area contributed by atoms with Gasteiger partial charge in [-0.15, -0.1) is 0 Å². The number of likely N-dealkylation sites (N-methyl/N-ethyl adjacent to an activating group) is 1. The molecule has 0 spiro atoms. The average Bonchev–Trinajstić information content (AvgIpc) is 3.06. The van der Waals surface area contributed by atoms with Crippen molar-refractivity contribution in [3.05, 3.63) is 29.8 Å². The highest BCUT2D eigenvalue weighted by molar-refractivity contribution is 5.31.